The molecule has 1 aromatic heterocycles. The number of nitrogens with one attached hydrogen (secondary N) is 1. The van der Waals surface area contributed by atoms with Crippen LogP contribution in [-0.4, -0.2) is 43.9 Å². The van der Waals surface area contributed by atoms with E-state index in [1.165, 1.54) is 17.8 Å². The Morgan fingerprint density at radius 1 is 1.24 bits per heavy atom. The fourth-order valence-corrected chi connectivity index (χ4v) is 4.57. The molecule has 1 amide bonds. The van der Waals surface area contributed by atoms with Crippen LogP contribution in [0.25, 0.3) is 5.69 Å². The summed E-state index contributed by atoms with van der Waals surface area (Å²) in [6, 6.07) is 10.5. The predicted octanol–water partition coefficient (Wildman–Crippen LogP) is 4.69. The number of amides is 1. The summed E-state index contributed by atoms with van der Waals surface area (Å²) < 4.78 is 15.4. The SMILES string of the molecule is CC(Sc1nnc(N2CCCC2)n1-c1ccccc1Cl)C(=O)Nc1ccc(F)c([N+](=O)[O-])c1. The number of halogens is 2. The molecule has 1 unspecified atom stereocenters. The van der Waals surface area contributed by atoms with Crippen LogP contribution in [0.2, 0.25) is 5.02 Å². The van der Waals surface area contributed by atoms with Crippen LogP contribution in [0.5, 0.6) is 0 Å². The van der Waals surface area contributed by atoms with Crippen LogP contribution < -0.4 is 10.2 Å². The van der Waals surface area contributed by atoms with E-state index >= 15 is 0 Å². The number of nitrogens with zero attached hydrogens (tertiary/aromatic N) is 5. The highest BCUT2D eigenvalue weighted by Crippen LogP contribution is 2.33. The first kappa shape index (κ1) is 23.0. The van der Waals surface area contributed by atoms with Gasteiger partial charge in [0.25, 0.3) is 0 Å². The number of rotatable bonds is 7. The second kappa shape index (κ2) is 9.75. The van der Waals surface area contributed by atoms with Crippen molar-refractivity contribution in [3.8, 4) is 5.69 Å². The molecule has 4 rings (SSSR count). The molecule has 172 valence electrons. The molecule has 33 heavy (non-hydrogen) atoms. The third-order valence-electron chi connectivity index (χ3n) is 5.16. The fraction of sp³-hybridized carbons (Fsp3) is 0.286. The van der Waals surface area contributed by atoms with Crippen LogP contribution in [-0.2, 0) is 4.79 Å². The number of anilines is 2. The Balaban J connectivity index is 1.58. The summed E-state index contributed by atoms with van der Waals surface area (Å²) in [5.41, 5.74) is 0.128. The van der Waals surface area contributed by atoms with Crippen LogP contribution in [0.1, 0.15) is 19.8 Å². The number of hydrogen-bond acceptors (Lipinski definition) is 7. The molecule has 3 aromatic rings. The molecule has 1 N–H and O–H groups in total. The lowest BCUT2D eigenvalue weighted by atomic mass is 10.2. The molecular weight excluding hydrogens is 471 g/mol. The quantitative estimate of drug-likeness (QED) is 0.291. The zero-order valence-corrected chi connectivity index (χ0v) is 19.1. The minimum Gasteiger partial charge on any atom is -0.341 e. The van der Waals surface area contributed by atoms with Crippen molar-refractivity contribution in [3.63, 3.8) is 0 Å². The Morgan fingerprint density at radius 2 is 1.97 bits per heavy atom. The highest BCUT2D eigenvalue weighted by molar-refractivity contribution is 8.00. The van der Waals surface area contributed by atoms with Crippen LogP contribution >= 0.6 is 23.4 Å². The van der Waals surface area contributed by atoms with Gasteiger partial charge in [-0.15, -0.1) is 10.2 Å². The molecule has 0 aliphatic carbocycles. The maximum absolute atomic E-state index is 13.6. The molecule has 0 bridgehead atoms. The minimum absolute atomic E-state index is 0.130. The Bertz CT molecular complexity index is 1200. The van der Waals surface area contributed by atoms with Crippen molar-refractivity contribution in [2.24, 2.45) is 0 Å². The molecule has 1 aliphatic heterocycles. The monoisotopic (exact) mass is 490 g/mol. The fourth-order valence-electron chi connectivity index (χ4n) is 3.49. The van der Waals surface area contributed by atoms with Gasteiger partial charge in [0.15, 0.2) is 5.16 Å². The Labute approximate surface area is 198 Å². The Kier molecular flexibility index (Phi) is 6.80. The van der Waals surface area contributed by atoms with Crippen molar-refractivity contribution in [1.29, 1.82) is 0 Å². The van der Waals surface area contributed by atoms with E-state index in [1.54, 1.807) is 13.0 Å². The highest BCUT2D eigenvalue weighted by Gasteiger charge is 2.26. The van der Waals surface area contributed by atoms with E-state index in [4.69, 9.17) is 11.6 Å². The summed E-state index contributed by atoms with van der Waals surface area (Å²) in [5, 5.41) is 22.6. The second-order valence-electron chi connectivity index (χ2n) is 7.44. The van der Waals surface area contributed by atoms with Crippen molar-refractivity contribution in [2.45, 2.75) is 30.2 Å². The number of para-hydroxylation sites is 1. The number of thioether (sulfide) groups is 1. The van der Waals surface area contributed by atoms with Gasteiger partial charge < -0.3 is 10.2 Å². The van der Waals surface area contributed by atoms with Gasteiger partial charge in [-0.05, 0) is 44.0 Å². The second-order valence-corrected chi connectivity index (χ2v) is 9.15. The van der Waals surface area contributed by atoms with Gasteiger partial charge in [0.1, 0.15) is 0 Å². The smallest absolute Gasteiger partial charge is 0.306 e. The molecule has 2 heterocycles. The van der Waals surface area contributed by atoms with E-state index in [0.717, 1.165) is 38.1 Å². The van der Waals surface area contributed by atoms with E-state index < -0.39 is 27.6 Å². The summed E-state index contributed by atoms with van der Waals surface area (Å²) in [6.45, 7) is 3.39. The van der Waals surface area contributed by atoms with Crippen LogP contribution in [0.3, 0.4) is 0 Å². The Hall–Kier alpha value is -3.18. The molecule has 1 aliphatic rings. The summed E-state index contributed by atoms with van der Waals surface area (Å²) in [4.78, 5) is 25.0. The van der Waals surface area contributed by atoms with Crippen molar-refractivity contribution in [1.82, 2.24) is 14.8 Å². The summed E-state index contributed by atoms with van der Waals surface area (Å²) in [7, 11) is 0. The van der Waals surface area contributed by atoms with Gasteiger partial charge >= 0.3 is 5.69 Å². The zero-order chi connectivity index (χ0) is 23.5. The molecule has 1 fully saturated rings. The van der Waals surface area contributed by atoms with Gasteiger partial charge in [0.2, 0.25) is 17.7 Å². The molecule has 0 spiro atoms. The maximum atomic E-state index is 13.6. The van der Waals surface area contributed by atoms with E-state index in [-0.39, 0.29) is 5.69 Å². The normalized spacial score (nSPS) is 14.3. The van der Waals surface area contributed by atoms with E-state index in [1.807, 2.05) is 22.8 Å². The number of benzene rings is 2. The highest BCUT2D eigenvalue weighted by atomic mass is 35.5. The van der Waals surface area contributed by atoms with Crippen molar-refractivity contribution in [3.05, 3.63) is 63.4 Å². The number of nitro benzene ring substituents is 1. The van der Waals surface area contributed by atoms with Crippen molar-refractivity contribution in [2.75, 3.05) is 23.3 Å². The molecule has 0 radical (unpaired) electrons. The number of carbonyl (C=O) groups excluding carboxylic acids is 1. The molecule has 2 aromatic carbocycles. The predicted molar refractivity (Wildman–Crippen MR) is 125 cm³/mol. The van der Waals surface area contributed by atoms with Gasteiger partial charge in [0, 0.05) is 24.8 Å². The average Bonchev–Trinajstić information content (AvgIpc) is 3.45. The van der Waals surface area contributed by atoms with Crippen molar-refractivity contribution < 1.29 is 14.1 Å². The van der Waals surface area contributed by atoms with Crippen LogP contribution in [0.4, 0.5) is 21.7 Å². The third-order valence-corrected chi connectivity index (χ3v) is 6.52. The Morgan fingerprint density at radius 3 is 2.67 bits per heavy atom. The first-order valence-corrected chi connectivity index (χ1v) is 11.5. The molecule has 12 heteroatoms. The first-order chi connectivity index (χ1) is 15.8. The van der Waals surface area contributed by atoms with Crippen molar-refractivity contribution >= 4 is 46.6 Å². The summed E-state index contributed by atoms with van der Waals surface area (Å²) in [5.74, 6) is -0.732. The number of aromatic nitrogens is 3. The standard InChI is InChI=1S/C21H20ClFN6O3S/c1-13(19(30)24-14-8-9-16(23)18(12-14)29(31)32)33-21-26-25-20(27-10-4-5-11-27)28(21)17-7-3-2-6-15(17)22/h2-3,6-9,12-13H,4-5,10-11H2,1H3,(H,24,30). The van der Waals surface area contributed by atoms with E-state index in [0.29, 0.717) is 21.8 Å². The molecule has 1 atom stereocenters. The molecule has 9 nitrogen and oxygen atoms in total. The number of nitro groups is 1. The lowest BCUT2D eigenvalue weighted by molar-refractivity contribution is -0.387. The zero-order valence-electron chi connectivity index (χ0n) is 17.6. The lowest BCUT2D eigenvalue weighted by Crippen LogP contribution is -2.24. The largest absolute Gasteiger partial charge is 0.341 e. The van der Waals surface area contributed by atoms with E-state index in [2.05, 4.69) is 20.4 Å². The molecule has 0 saturated carbocycles. The van der Waals surface area contributed by atoms with Gasteiger partial charge in [-0.1, -0.05) is 35.5 Å². The van der Waals surface area contributed by atoms with Crippen LogP contribution in [0, 0.1) is 15.9 Å². The van der Waals surface area contributed by atoms with Crippen LogP contribution in [0.15, 0.2) is 47.6 Å². The number of carbonyl (C=O) groups is 1. The molecular formula is C21H20ClFN6O3S. The number of hydrogen-bond donors (Lipinski definition) is 1. The van der Waals surface area contributed by atoms with Gasteiger partial charge in [-0.25, -0.2) is 0 Å². The van der Waals surface area contributed by atoms with Gasteiger partial charge in [-0.3, -0.25) is 19.5 Å². The average molecular weight is 491 g/mol. The third kappa shape index (κ3) is 4.93. The first-order valence-electron chi connectivity index (χ1n) is 10.2. The summed E-state index contributed by atoms with van der Waals surface area (Å²) in [6.07, 6.45) is 2.11. The molecule has 1 saturated heterocycles. The van der Waals surface area contributed by atoms with Gasteiger partial charge in [0.05, 0.1) is 20.9 Å². The maximum Gasteiger partial charge on any atom is 0.306 e. The minimum atomic E-state index is -0.970. The van der Waals surface area contributed by atoms with Gasteiger partial charge in [-0.2, -0.15) is 4.39 Å². The topological polar surface area (TPSA) is 106 Å². The summed E-state index contributed by atoms with van der Waals surface area (Å²) >= 11 is 7.64. The van der Waals surface area contributed by atoms with E-state index in [9.17, 15) is 19.3 Å². The lowest BCUT2D eigenvalue weighted by Gasteiger charge is -2.19.